The third kappa shape index (κ3) is 9.37. The van der Waals surface area contributed by atoms with Gasteiger partial charge in [0.2, 0.25) is 11.8 Å². The van der Waals surface area contributed by atoms with Crippen molar-refractivity contribution in [1.82, 2.24) is 10.6 Å². The molecule has 0 aromatic rings. The minimum atomic E-state index is -1.17. The standard InChI is InChI=1S/C16H32N4O5/c1-9(2)8-12(16(24)25)20-14(22)11(6-4-5-7-17)19-15(23)13(18)10(3)21/h9-13,21H,4-8,17-18H2,1-3H3,(H,19,23)(H,20,22)(H,24,25). The molecule has 0 heterocycles. The van der Waals surface area contributed by atoms with E-state index in [1.165, 1.54) is 6.92 Å². The minimum absolute atomic E-state index is 0.0790. The van der Waals surface area contributed by atoms with Gasteiger partial charge in [0.15, 0.2) is 0 Å². The van der Waals surface area contributed by atoms with Crippen LogP contribution in [0.25, 0.3) is 0 Å². The van der Waals surface area contributed by atoms with Crippen molar-refractivity contribution in [3.63, 3.8) is 0 Å². The van der Waals surface area contributed by atoms with Crippen molar-refractivity contribution in [1.29, 1.82) is 0 Å². The maximum atomic E-state index is 12.4. The van der Waals surface area contributed by atoms with Gasteiger partial charge in [-0.1, -0.05) is 13.8 Å². The lowest BCUT2D eigenvalue weighted by molar-refractivity contribution is -0.142. The number of hydrogen-bond acceptors (Lipinski definition) is 6. The number of rotatable bonds is 12. The van der Waals surface area contributed by atoms with Crippen LogP contribution in [0, 0.1) is 5.92 Å². The number of hydrogen-bond donors (Lipinski definition) is 6. The Balaban J connectivity index is 5.01. The maximum absolute atomic E-state index is 12.4. The highest BCUT2D eigenvalue weighted by Gasteiger charge is 2.29. The van der Waals surface area contributed by atoms with Gasteiger partial charge < -0.3 is 32.3 Å². The number of carbonyl (C=O) groups excluding carboxylic acids is 2. The van der Waals surface area contributed by atoms with Crippen LogP contribution in [-0.2, 0) is 14.4 Å². The van der Waals surface area contributed by atoms with E-state index in [-0.39, 0.29) is 12.3 Å². The summed E-state index contributed by atoms with van der Waals surface area (Å²) in [4.78, 5) is 35.8. The third-order valence-electron chi connectivity index (χ3n) is 3.72. The Morgan fingerprint density at radius 1 is 1.00 bits per heavy atom. The summed E-state index contributed by atoms with van der Waals surface area (Å²) in [5.74, 6) is -2.31. The molecule has 0 fully saturated rings. The fourth-order valence-electron chi connectivity index (χ4n) is 2.21. The second kappa shape index (κ2) is 11.8. The number of unbranched alkanes of at least 4 members (excludes halogenated alkanes) is 1. The molecule has 4 unspecified atom stereocenters. The molecule has 146 valence electrons. The van der Waals surface area contributed by atoms with E-state index in [0.717, 1.165) is 0 Å². The Hall–Kier alpha value is -1.71. The summed E-state index contributed by atoms with van der Waals surface area (Å²) in [6.07, 6.45) is 0.755. The highest BCUT2D eigenvalue weighted by Crippen LogP contribution is 2.07. The molecule has 8 N–H and O–H groups in total. The van der Waals surface area contributed by atoms with E-state index in [1.54, 1.807) is 0 Å². The van der Waals surface area contributed by atoms with Crippen molar-refractivity contribution in [2.45, 2.75) is 70.7 Å². The predicted octanol–water partition coefficient (Wildman–Crippen LogP) is -1.08. The van der Waals surface area contributed by atoms with Crippen LogP contribution >= 0.6 is 0 Å². The lowest BCUT2D eigenvalue weighted by Crippen LogP contribution is -2.56. The Kier molecular flexibility index (Phi) is 11.0. The number of aliphatic hydroxyl groups is 1. The second-order valence-corrected chi connectivity index (χ2v) is 6.64. The van der Waals surface area contributed by atoms with Crippen molar-refractivity contribution in [3.8, 4) is 0 Å². The third-order valence-corrected chi connectivity index (χ3v) is 3.72. The summed E-state index contributed by atoms with van der Waals surface area (Å²) in [5.41, 5.74) is 11.0. The fraction of sp³-hybridized carbons (Fsp3) is 0.812. The van der Waals surface area contributed by atoms with Gasteiger partial charge in [-0.25, -0.2) is 4.79 Å². The molecule has 0 saturated carbocycles. The number of nitrogens with two attached hydrogens (primary N) is 2. The minimum Gasteiger partial charge on any atom is -0.480 e. The van der Waals surface area contributed by atoms with Crippen LogP contribution in [0.5, 0.6) is 0 Å². The fourth-order valence-corrected chi connectivity index (χ4v) is 2.21. The monoisotopic (exact) mass is 360 g/mol. The molecule has 0 saturated heterocycles. The molecule has 4 atom stereocenters. The van der Waals surface area contributed by atoms with Gasteiger partial charge in [-0.15, -0.1) is 0 Å². The van der Waals surface area contributed by atoms with Gasteiger partial charge in [-0.3, -0.25) is 9.59 Å². The van der Waals surface area contributed by atoms with Crippen molar-refractivity contribution in [2.75, 3.05) is 6.54 Å². The van der Waals surface area contributed by atoms with Crippen molar-refractivity contribution < 1.29 is 24.6 Å². The summed E-state index contributed by atoms with van der Waals surface area (Å²) < 4.78 is 0. The lowest BCUT2D eigenvalue weighted by atomic mass is 10.0. The number of carboxylic acid groups (broad SMARTS) is 1. The van der Waals surface area contributed by atoms with E-state index >= 15 is 0 Å². The van der Waals surface area contributed by atoms with E-state index in [2.05, 4.69) is 10.6 Å². The Bertz CT molecular complexity index is 442. The molecule has 0 radical (unpaired) electrons. The Morgan fingerprint density at radius 2 is 1.56 bits per heavy atom. The molecule has 0 aromatic heterocycles. The lowest BCUT2D eigenvalue weighted by Gasteiger charge is -2.24. The smallest absolute Gasteiger partial charge is 0.326 e. The van der Waals surface area contributed by atoms with Gasteiger partial charge in [0.05, 0.1) is 6.10 Å². The molecular weight excluding hydrogens is 328 g/mol. The summed E-state index contributed by atoms with van der Waals surface area (Å²) in [7, 11) is 0. The topological polar surface area (TPSA) is 168 Å². The summed E-state index contributed by atoms with van der Waals surface area (Å²) in [5, 5.41) is 23.6. The highest BCUT2D eigenvalue weighted by atomic mass is 16.4. The van der Waals surface area contributed by atoms with Crippen LogP contribution in [0.1, 0.15) is 46.5 Å². The van der Waals surface area contributed by atoms with E-state index in [1.807, 2.05) is 13.8 Å². The van der Waals surface area contributed by atoms with Gasteiger partial charge in [-0.05, 0) is 45.1 Å². The quantitative estimate of drug-likeness (QED) is 0.241. The molecule has 0 aromatic carbocycles. The molecule has 2 amide bonds. The molecule has 0 spiro atoms. The molecular formula is C16H32N4O5. The van der Waals surface area contributed by atoms with Crippen LogP contribution in [0.2, 0.25) is 0 Å². The van der Waals surface area contributed by atoms with Crippen molar-refractivity contribution >= 4 is 17.8 Å². The zero-order chi connectivity index (χ0) is 19.6. The molecule has 9 nitrogen and oxygen atoms in total. The molecule has 0 aliphatic heterocycles. The number of aliphatic hydroxyl groups excluding tert-OH is 1. The largest absolute Gasteiger partial charge is 0.480 e. The van der Waals surface area contributed by atoms with Gasteiger partial charge in [0, 0.05) is 0 Å². The maximum Gasteiger partial charge on any atom is 0.326 e. The van der Waals surface area contributed by atoms with Gasteiger partial charge in [0.1, 0.15) is 18.1 Å². The van der Waals surface area contributed by atoms with Crippen LogP contribution in [0.3, 0.4) is 0 Å². The summed E-state index contributed by atoms with van der Waals surface area (Å²) in [6.45, 7) is 5.52. The zero-order valence-corrected chi connectivity index (χ0v) is 15.2. The van der Waals surface area contributed by atoms with Crippen LogP contribution in [-0.4, -0.2) is 58.8 Å². The van der Waals surface area contributed by atoms with Crippen LogP contribution in [0.15, 0.2) is 0 Å². The molecule has 0 aliphatic rings. The molecule has 25 heavy (non-hydrogen) atoms. The Morgan fingerprint density at radius 3 is 2.00 bits per heavy atom. The number of aliphatic carboxylic acids is 1. The first kappa shape index (κ1) is 23.3. The van der Waals surface area contributed by atoms with Crippen molar-refractivity contribution in [3.05, 3.63) is 0 Å². The average molecular weight is 360 g/mol. The van der Waals surface area contributed by atoms with Crippen LogP contribution < -0.4 is 22.1 Å². The predicted molar refractivity (Wildman–Crippen MR) is 93.5 cm³/mol. The summed E-state index contributed by atoms with van der Waals surface area (Å²) >= 11 is 0. The summed E-state index contributed by atoms with van der Waals surface area (Å²) in [6, 6.07) is -3.14. The van der Waals surface area contributed by atoms with Crippen molar-refractivity contribution in [2.24, 2.45) is 17.4 Å². The molecule has 9 heteroatoms. The highest BCUT2D eigenvalue weighted by molar-refractivity contribution is 5.91. The molecule has 0 bridgehead atoms. The first-order valence-corrected chi connectivity index (χ1v) is 8.57. The first-order chi connectivity index (χ1) is 11.6. The van der Waals surface area contributed by atoms with Gasteiger partial charge in [-0.2, -0.15) is 0 Å². The Labute approximate surface area is 148 Å². The van der Waals surface area contributed by atoms with Crippen LogP contribution in [0.4, 0.5) is 0 Å². The van der Waals surface area contributed by atoms with Gasteiger partial charge in [0.25, 0.3) is 0 Å². The van der Waals surface area contributed by atoms with Gasteiger partial charge >= 0.3 is 5.97 Å². The molecule has 0 aliphatic carbocycles. The number of carboxylic acids is 1. The van der Waals surface area contributed by atoms with E-state index in [4.69, 9.17) is 11.5 Å². The number of nitrogens with one attached hydrogen (secondary N) is 2. The normalized spacial score (nSPS) is 16.0. The number of amides is 2. The van der Waals surface area contributed by atoms with E-state index < -0.39 is 42.0 Å². The number of carbonyl (C=O) groups is 3. The SMILES string of the molecule is CC(C)CC(NC(=O)C(CCCCN)NC(=O)C(N)C(C)O)C(=O)O. The van der Waals surface area contributed by atoms with E-state index in [9.17, 15) is 24.6 Å². The van der Waals surface area contributed by atoms with E-state index in [0.29, 0.717) is 25.8 Å². The molecule has 0 rings (SSSR count). The second-order valence-electron chi connectivity index (χ2n) is 6.64. The average Bonchev–Trinajstić information content (AvgIpc) is 2.51. The first-order valence-electron chi connectivity index (χ1n) is 8.57. The zero-order valence-electron chi connectivity index (χ0n) is 15.2.